The van der Waals surface area contributed by atoms with Gasteiger partial charge in [-0.05, 0) is 24.0 Å². The van der Waals surface area contributed by atoms with Gasteiger partial charge in [-0.3, -0.25) is 4.79 Å². The minimum atomic E-state index is -2.86. The van der Waals surface area contributed by atoms with E-state index in [9.17, 15) is 15.0 Å². The minimum Gasteiger partial charge on any atom is -0.504 e. The third-order valence-electron chi connectivity index (χ3n) is 1.34. The van der Waals surface area contributed by atoms with Crippen molar-refractivity contribution >= 4 is 5.97 Å². The van der Waals surface area contributed by atoms with Gasteiger partial charge in [-0.15, -0.1) is 0 Å². The second-order valence-corrected chi connectivity index (χ2v) is 2.39. The van der Waals surface area contributed by atoms with Crippen LogP contribution in [0.2, 0.25) is 0 Å². The zero-order chi connectivity index (χ0) is 15.1. The number of benzene rings is 1. The number of carboxylic acids is 1. The number of phenolic OH excluding ortho intramolecular Hbond substituents is 2. The third kappa shape index (κ3) is 2.37. The maximum atomic E-state index is 10.8. The summed E-state index contributed by atoms with van der Waals surface area (Å²) in [6, 6.07) is -5.46. The van der Waals surface area contributed by atoms with Crippen LogP contribution in [0.25, 0.3) is 0 Å². The molecule has 1 aromatic carbocycles. The summed E-state index contributed by atoms with van der Waals surface area (Å²) in [4.78, 5) is 10.8. The van der Waals surface area contributed by atoms with Gasteiger partial charge in [-0.1, -0.05) is 6.04 Å². The van der Waals surface area contributed by atoms with Crippen LogP contribution in [-0.2, 0) is 11.2 Å². The standard InChI is InChI=1S/C9H11NO4/c10-6(9(13)14)3-5-1-2-7(11)8(12)4-5/h1-2,4,6,11-12H,3,10H2,(H,13,14)/i1D,2D,3D,4D,6D. The van der Waals surface area contributed by atoms with Crippen molar-refractivity contribution in [1.82, 2.24) is 0 Å². The molecule has 0 spiro atoms. The molecule has 5 heteroatoms. The largest absolute Gasteiger partial charge is 0.504 e. The Morgan fingerprint density at radius 3 is 2.86 bits per heavy atom. The summed E-state index contributed by atoms with van der Waals surface area (Å²) < 4.78 is 37.2. The van der Waals surface area contributed by atoms with Crippen molar-refractivity contribution < 1.29 is 27.0 Å². The molecule has 0 aliphatic carbocycles. The SMILES string of the molecule is [2H]c1c([2H])c(C([2H])C([2H])(N)C(=O)O)c([2H])c(O)c1O. The fourth-order valence-electron chi connectivity index (χ4n) is 0.693. The zero-order valence-electron chi connectivity index (χ0n) is 11.9. The van der Waals surface area contributed by atoms with Crippen LogP contribution in [0.3, 0.4) is 0 Å². The Labute approximate surface area is 87.4 Å². The highest BCUT2D eigenvalue weighted by Gasteiger charge is 2.12. The molecule has 0 amide bonds. The Balaban J connectivity index is 3.57. The van der Waals surface area contributed by atoms with E-state index in [4.69, 9.17) is 17.7 Å². The predicted molar refractivity (Wildman–Crippen MR) is 49.1 cm³/mol. The Kier molecular flexibility index (Phi) is 1.48. The van der Waals surface area contributed by atoms with Crippen LogP contribution in [-0.4, -0.2) is 27.3 Å². The van der Waals surface area contributed by atoms with Crippen molar-refractivity contribution in [1.29, 1.82) is 0 Å². The number of phenols is 2. The lowest BCUT2D eigenvalue weighted by atomic mass is 10.1. The first-order chi connectivity index (χ1) is 8.53. The van der Waals surface area contributed by atoms with Gasteiger partial charge < -0.3 is 21.1 Å². The van der Waals surface area contributed by atoms with E-state index in [-0.39, 0.29) is 0 Å². The smallest absolute Gasteiger partial charge is 0.320 e. The predicted octanol–water partition coefficient (Wildman–Crippen LogP) is 0.0522. The average molecular weight is 202 g/mol. The fourth-order valence-corrected chi connectivity index (χ4v) is 0.693. The third-order valence-corrected chi connectivity index (χ3v) is 1.34. The molecule has 0 aliphatic heterocycles. The lowest BCUT2D eigenvalue weighted by molar-refractivity contribution is -0.138. The normalized spacial score (nSPS) is 21.9. The van der Waals surface area contributed by atoms with Crippen molar-refractivity contribution in [3.63, 3.8) is 0 Å². The molecule has 14 heavy (non-hydrogen) atoms. The molecule has 76 valence electrons. The summed E-state index contributed by atoms with van der Waals surface area (Å²) in [7, 11) is 0. The topological polar surface area (TPSA) is 104 Å². The van der Waals surface area contributed by atoms with Crippen LogP contribution in [0.5, 0.6) is 11.5 Å². The van der Waals surface area contributed by atoms with Gasteiger partial charge in [0.25, 0.3) is 0 Å². The molecular formula is C9H11NO4. The molecule has 0 heterocycles. The van der Waals surface area contributed by atoms with E-state index in [2.05, 4.69) is 0 Å². The molecule has 1 rings (SSSR count). The molecule has 0 aromatic heterocycles. The highest BCUT2D eigenvalue weighted by Crippen LogP contribution is 2.25. The maximum absolute atomic E-state index is 10.8. The quantitative estimate of drug-likeness (QED) is 0.518. The van der Waals surface area contributed by atoms with E-state index in [1.165, 1.54) is 0 Å². The van der Waals surface area contributed by atoms with E-state index in [1.54, 1.807) is 0 Å². The Morgan fingerprint density at radius 2 is 2.29 bits per heavy atom. The number of carbonyl (C=O) groups is 1. The van der Waals surface area contributed by atoms with Gasteiger partial charge >= 0.3 is 5.97 Å². The van der Waals surface area contributed by atoms with Gasteiger partial charge in [0.2, 0.25) is 0 Å². The lowest BCUT2D eigenvalue weighted by Gasteiger charge is -2.06. The number of aromatic hydroxyl groups is 2. The molecule has 2 atom stereocenters. The van der Waals surface area contributed by atoms with E-state index >= 15 is 0 Å². The second kappa shape index (κ2) is 3.97. The van der Waals surface area contributed by atoms with Crippen molar-refractivity contribution in [2.24, 2.45) is 5.73 Å². The van der Waals surface area contributed by atoms with Crippen molar-refractivity contribution in [3.05, 3.63) is 23.7 Å². The molecule has 0 bridgehead atoms. The Hall–Kier alpha value is -1.75. The average Bonchev–Trinajstić information content (AvgIpc) is 2.33. The summed E-state index contributed by atoms with van der Waals surface area (Å²) in [5.74, 6) is -3.94. The van der Waals surface area contributed by atoms with Crippen LogP contribution in [0, 0.1) is 0 Å². The molecule has 5 nitrogen and oxygen atoms in total. The van der Waals surface area contributed by atoms with Crippen LogP contribution in [0.4, 0.5) is 0 Å². The van der Waals surface area contributed by atoms with Crippen LogP contribution in [0.15, 0.2) is 18.1 Å². The summed E-state index contributed by atoms with van der Waals surface area (Å²) >= 11 is 0. The van der Waals surface area contributed by atoms with Crippen LogP contribution < -0.4 is 5.73 Å². The van der Waals surface area contributed by atoms with Crippen LogP contribution >= 0.6 is 0 Å². The van der Waals surface area contributed by atoms with Gasteiger partial charge in [0.1, 0.15) is 6.02 Å². The number of hydrogen-bond acceptors (Lipinski definition) is 4. The molecule has 5 N–H and O–H groups in total. The van der Waals surface area contributed by atoms with E-state index in [0.29, 0.717) is 0 Å². The minimum absolute atomic E-state index is 0.708. The van der Waals surface area contributed by atoms with Gasteiger partial charge in [-0.2, -0.15) is 0 Å². The van der Waals surface area contributed by atoms with E-state index in [0.717, 1.165) is 0 Å². The highest BCUT2D eigenvalue weighted by atomic mass is 16.4. The first kappa shape index (κ1) is 5.21. The molecule has 0 fully saturated rings. The van der Waals surface area contributed by atoms with E-state index in [1.807, 2.05) is 0 Å². The Bertz CT molecular complexity index is 519. The van der Waals surface area contributed by atoms with Gasteiger partial charge in [0.15, 0.2) is 11.5 Å². The Morgan fingerprint density at radius 1 is 1.64 bits per heavy atom. The first-order valence-electron chi connectivity index (χ1n) is 6.07. The zero-order valence-corrected chi connectivity index (χ0v) is 6.90. The number of nitrogens with two attached hydrogens (primary N) is 1. The van der Waals surface area contributed by atoms with Gasteiger partial charge in [-0.25, -0.2) is 0 Å². The highest BCUT2D eigenvalue weighted by molar-refractivity contribution is 5.73. The monoisotopic (exact) mass is 202 g/mol. The number of hydrogen-bond donors (Lipinski definition) is 4. The van der Waals surface area contributed by atoms with Crippen molar-refractivity contribution in [2.45, 2.75) is 12.4 Å². The molecule has 0 radical (unpaired) electrons. The molecule has 0 aliphatic rings. The molecule has 1 aromatic rings. The molecule has 0 saturated carbocycles. The number of carboxylic acid groups (broad SMARTS) is 1. The van der Waals surface area contributed by atoms with Crippen molar-refractivity contribution in [3.8, 4) is 11.5 Å². The summed E-state index contributed by atoms with van der Waals surface area (Å²) in [6.07, 6.45) is -2.08. The first-order valence-corrected chi connectivity index (χ1v) is 3.49. The lowest BCUT2D eigenvalue weighted by Crippen LogP contribution is -2.32. The maximum Gasteiger partial charge on any atom is 0.320 e. The number of aliphatic carboxylic acids is 1. The van der Waals surface area contributed by atoms with Crippen molar-refractivity contribution in [2.75, 3.05) is 0 Å². The van der Waals surface area contributed by atoms with E-state index < -0.39 is 53.6 Å². The second-order valence-electron chi connectivity index (χ2n) is 2.39. The van der Waals surface area contributed by atoms with Crippen LogP contribution in [0.1, 0.15) is 12.4 Å². The summed E-state index contributed by atoms with van der Waals surface area (Å²) in [5.41, 5.74) is 4.41. The molecule has 0 saturated heterocycles. The number of rotatable bonds is 3. The molecule has 2 unspecified atom stereocenters. The van der Waals surface area contributed by atoms with Gasteiger partial charge in [0, 0.05) is 1.37 Å². The summed E-state index contributed by atoms with van der Waals surface area (Å²) in [5, 5.41) is 27.4. The van der Waals surface area contributed by atoms with Gasteiger partial charge in [0.05, 0.1) is 5.48 Å². The summed E-state index contributed by atoms with van der Waals surface area (Å²) in [6.45, 7) is 0. The molecular weight excluding hydrogens is 186 g/mol. The fraction of sp³-hybridized carbons (Fsp3) is 0.222.